The van der Waals surface area contributed by atoms with Crippen LogP contribution in [0, 0.1) is 12.7 Å². The Morgan fingerprint density at radius 1 is 1.18 bits per heavy atom. The van der Waals surface area contributed by atoms with Crippen molar-refractivity contribution >= 4 is 37.3 Å². The van der Waals surface area contributed by atoms with Crippen LogP contribution < -0.4 is 4.80 Å². The highest BCUT2D eigenvalue weighted by atomic mass is 32.2. The second kappa shape index (κ2) is 8.36. The maximum Gasteiger partial charge on any atom is 0.248 e. The number of fused-ring (bicyclic) bond motifs is 1. The van der Waals surface area contributed by atoms with Crippen molar-refractivity contribution in [1.29, 1.82) is 0 Å². The fraction of sp³-hybridized carbons (Fsp3) is 0.300. The third-order valence-corrected chi connectivity index (χ3v) is 7.21. The van der Waals surface area contributed by atoms with Crippen molar-refractivity contribution in [2.75, 3.05) is 5.75 Å². The molecule has 28 heavy (non-hydrogen) atoms. The van der Waals surface area contributed by atoms with Crippen LogP contribution in [-0.2, 0) is 21.2 Å². The van der Waals surface area contributed by atoms with Gasteiger partial charge in [-0.3, -0.25) is 4.79 Å². The number of amides is 1. The van der Waals surface area contributed by atoms with E-state index in [1.807, 2.05) is 30.5 Å². The van der Waals surface area contributed by atoms with Gasteiger partial charge in [-0.2, -0.15) is 4.99 Å². The molecule has 1 aromatic heterocycles. The lowest BCUT2D eigenvalue weighted by Crippen LogP contribution is -2.16. The van der Waals surface area contributed by atoms with E-state index in [4.69, 9.17) is 0 Å². The number of benzene rings is 2. The van der Waals surface area contributed by atoms with E-state index in [0.717, 1.165) is 27.9 Å². The van der Waals surface area contributed by atoms with Gasteiger partial charge >= 0.3 is 0 Å². The number of hydrogen-bond acceptors (Lipinski definition) is 4. The summed E-state index contributed by atoms with van der Waals surface area (Å²) in [5, 5.41) is 0. The number of rotatable bonds is 6. The van der Waals surface area contributed by atoms with E-state index in [1.165, 1.54) is 23.5 Å². The minimum Gasteiger partial charge on any atom is -0.317 e. The van der Waals surface area contributed by atoms with Crippen molar-refractivity contribution in [2.45, 2.75) is 38.1 Å². The smallest absolute Gasteiger partial charge is 0.248 e. The molecule has 148 valence electrons. The molecule has 8 heteroatoms. The summed E-state index contributed by atoms with van der Waals surface area (Å²) in [6, 6.07) is 10.8. The molecule has 3 rings (SSSR count). The number of hydrogen-bond donors (Lipinski definition) is 0. The number of thiazole rings is 1. The van der Waals surface area contributed by atoms with Gasteiger partial charge in [0.25, 0.3) is 0 Å². The van der Waals surface area contributed by atoms with Crippen molar-refractivity contribution in [2.24, 2.45) is 4.99 Å². The number of sulfone groups is 1. The van der Waals surface area contributed by atoms with Crippen LogP contribution in [0.5, 0.6) is 0 Å². The summed E-state index contributed by atoms with van der Waals surface area (Å²) in [7, 11) is -3.55. The Morgan fingerprint density at radius 2 is 1.89 bits per heavy atom. The molecule has 0 bridgehead atoms. The molecule has 0 atom stereocenters. The van der Waals surface area contributed by atoms with E-state index in [1.54, 1.807) is 0 Å². The molecule has 0 unspecified atom stereocenters. The number of carbonyl (C=O) groups is 1. The Bertz CT molecular complexity index is 1180. The van der Waals surface area contributed by atoms with Gasteiger partial charge in [-0.05, 0) is 62.2 Å². The highest BCUT2D eigenvalue weighted by Gasteiger charge is 2.15. The van der Waals surface area contributed by atoms with Crippen LogP contribution in [0.2, 0.25) is 0 Å². The van der Waals surface area contributed by atoms with Crippen LogP contribution >= 0.6 is 11.3 Å². The molecule has 0 spiro atoms. The fourth-order valence-electron chi connectivity index (χ4n) is 2.91. The molecule has 0 fully saturated rings. The molecule has 1 heterocycles. The first-order valence-electron chi connectivity index (χ1n) is 8.96. The molecule has 2 aromatic carbocycles. The Kier molecular flexibility index (Phi) is 6.10. The first kappa shape index (κ1) is 20.4. The molecular formula is C20H21FN2O3S2. The van der Waals surface area contributed by atoms with Gasteiger partial charge in [-0.1, -0.05) is 17.4 Å². The van der Waals surface area contributed by atoms with E-state index in [9.17, 15) is 17.6 Å². The molecule has 1 amide bonds. The molecule has 5 nitrogen and oxygen atoms in total. The Labute approximate surface area is 167 Å². The summed E-state index contributed by atoms with van der Waals surface area (Å²) < 4.78 is 40.5. The standard InChI is InChI=1S/C20H21FN2O3S2/c1-3-23-17-11-6-14(2)13-18(17)27-20(23)22-19(24)5-4-12-28(25,26)16-9-7-15(21)8-10-16/h6-11,13H,3-5,12H2,1-2H3. The number of carbonyl (C=O) groups excluding carboxylic acids is 1. The Balaban J connectivity index is 1.72. The second-order valence-corrected chi connectivity index (χ2v) is 9.60. The highest BCUT2D eigenvalue weighted by Crippen LogP contribution is 2.19. The molecule has 0 aliphatic rings. The summed E-state index contributed by atoms with van der Waals surface area (Å²) in [5.74, 6) is -1.02. The summed E-state index contributed by atoms with van der Waals surface area (Å²) in [6.45, 7) is 4.69. The number of aryl methyl sites for hydroxylation is 2. The molecule has 0 saturated carbocycles. The zero-order valence-electron chi connectivity index (χ0n) is 15.7. The molecule has 3 aromatic rings. The van der Waals surface area contributed by atoms with Crippen molar-refractivity contribution in [3.8, 4) is 0 Å². The van der Waals surface area contributed by atoms with Crippen LogP contribution in [0.4, 0.5) is 4.39 Å². The minimum absolute atomic E-state index is 0.0391. The lowest BCUT2D eigenvalue weighted by atomic mass is 10.2. The molecule has 0 aliphatic heterocycles. The second-order valence-electron chi connectivity index (χ2n) is 6.48. The van der Waals surface area contributed by atoms with Gasteiger partial charge in [-0.15, -0.1) is 0 Å². The topological polar surface area (TPSA) is 68.5 Å². The number of aromatic nitrogens is 1. The van der Waals surface area contributed by atoms with E-state index >= 15 is 0 Å². The maximum atomic E-state index is 12.9. The van der Waals surface area contributed by atoms with Crippen LogP contribution in [0.15, 0.2) is 52.4 Å². The monoisotopic (exact) mass is 420 g/mol. The predicted octanol–water partition coefficient (Wildman–Crippen LogP) is 3.85. The minimum atomic E-state index is -3.55. The third-order valence-electron chi connectivity index (χ3n) is 4.35. The van der Waals surface area contributed by atoms with Crippen molar-refractivity contribution in [3.63, 3.8) is 0 Å². The Hall–Kier alpha value is -2.32. The first-order chi connectivity index (χ1) is 13.3. The van der Waals surface area contributed by atoms with Gasteiger partial charge in [-0.25, -0.2) is 12.8 Å². The first-order valence-corrected chi connectivity index (χ1v) is 11.4. The van der Waals surface area contributed by atoms with E-state index < -0.39 is 15.7 Å². The lowest BCUT2D eigenvalue weighted by molar-refractivity contribution is -0.118. The van der Waals surface area contributed by atoms with Crippen molar-refractivity contribution < 1.29 is 17.6 Å². The summed E-state index contributed by atoms with van der Waals surface area (Å²) in [5.41, 5.74) is 2.17. The van der Waals surface area contributed by atoms with E-state index in [0.29, 0.717) is 11.3 Å². The van der Waals surface area contributed by atoms with Gasteiger partial charge in [0.15, 0.2) is 14.6 Å². The maximum absolute atomic E-state index is 12.9. The third kappa shape index (κ3) is 4.56. The quantitative estimate of drug-likeness (QED) is 0.569. The fourth-order valence-corrected chi connectivity index (χ4v) is 5.43. The van der Waals surface area contributed by atoms with Crippen LogP contribution in [-0.4, -0.2) is 24.6 Å². The van der Waals surface area contributed by atoms with E-state index in [2.05, 4.69) is 11.1 Å². The van der Waals surface area contributed by atoms with Crippen LogP contribution in [0.1, 0.15) is 25.3 Å². The summed E-state index contributed by atoms with van der Waals surface area (Å²) in [6.07, 6.45) is 0.204. The van der Waals surface area contributed by atoms with Crippen LogP contribution in [0.3, 0.4) is 0 Å². The highest BCUT2D eigenvalue weighted by molar-refractivity contribution is 7.91. The largest absolute Gasteiger partial charge is 0.317 e. The van der Waals surface area contributed by atoms with Gasteiger partial charge in [0.1, 0.15) is 5.82 Å². The number of nitrogens with zero attached hydrogens (tertiary/aromatic N) is 2. The van der Waals surface area contributed by atoms with Gasteiger partial charge in [0, 0.05) is 13.0 Å². The van der Waals surface area contributed by atoms with Gasteiger partial charge < -0.3 is 4.57 Å². The molecular weight excluding hydrogens is 399 g/mol. The zero-order valence-corrected chi connectivity index (χ0v) is 17.3. The number of halogens is 1. The van der Waals surface area contributed by atoms with E-state index in [-0.39, 0.29) is 29.4 Å². The SMILES string of the molecule is CCn1c(=NC(=O)CCCS(=O)(=O)c2ccc(F)cc2)sc2cc(C)ccc21. The molecule has 0 radical (unpaired) electrons. The van der Waals surface area contributed by atoms with Gasteiger partial charge in [0.05, 0.1) is 20.9 Å². The van der Waals surface area contributed by atoms with Crippen LogP contribution in [0.25, 0.3) is 10.2 Å². The normalized spacial score (nSPS) is 12.6. The molecule has 0 saturated heterocycles. The summed E-state index contributed by atoms with van der Waals surface area (Å²) >= 11 is 1.45. The lowest BCUT2D eigenvalue weighted by Gasteiger charge is -2.03. The Morgan fingerprint density at radius 3 is 2.57 bits per heavy atom. The zero-order chi connectivity index (χ0) is 20.3. The molecule has 0 N–H and O–H groups in total. The summed E-state index contributed by atoms with van der Waals surface area (Å²) in [4.78, 5) is 17.1. The average Bonchev–Trinajstić information content (AvgIpc) is 2.97. The predicted molar refractivity (Wildman–Crippen MR) is 108 cm³/mol. The van der Waals surface area contributed by atoms with Gasteiger partial charge in [0.2, 0.25) is 5.91 Å². The average molecular weight is 421 g/mol. The molecule has 0 aliphatic carbocycles. The van der Waals surface area contributed by atoms with Crippen molar-refractivity contribution in [3.05, 3.63) is 58.6 Å². The van der Waals surface area contributed by atoms with Crippen molar-refractivity contribution in [1.82, 2.24) is 4.57 Å².